The van der Waals surface area contributed by atoms with Gasteiger partial charge in [0.1, 0.15) is 0 Å². The minimum Gasteiger partial charge on any atom is -0.323 e. The molecular weight excluding hydrogens is 270 g/mol. The highest BCUT2D eigenvalue weighted by Crippen LogP contribution is 2.42. The highest BCUT2D eigenvalue weighted by Gasteiger charge is 2.30. The third-order valence-corrected chi connectivity index (χ3v) is 7.47. The van der Waals surface area contributed by atoms with Gasteiger partial charge in [-0.3, -0.25) is 0 Å². The molecule has 19 heavy (non-hydrogen) atoms. The van der Waals surface area contributed by atoms with Gasteiger partial charge in [-0.2, -0.15) is 11.8 Å². The largest absolute Gasteiger partial charge is 0.323 e. The van der Waals surface area contributed by atoms with Crippen LogP contribution in [0.15, 0.2) is 6.07 Å². The average molecular weight is 296 g/mol. The quantitative estimate of drug-likeness (QED) is 0.862. The molecule has 0 radical (unpaired) electrons. The van der Waals surface area contributed by atoms with E-state index in [0.29, 0.717) is 5.92 Å². The van der Waals surface area contributed by atoms with Crippen LogP contribution >= 0.6 is 23.1 Å². The van der Waals surface area contributed by atoms with Crippen molar-refractivity contribution in [2.45, 2.75) is 51.3 Å². The number of fused-ring (bicyclic) bond motifs is 1. The first-order valence-electron chi connectivity index (χ1n) is 7.60. The summed E-state index contributed by atoms with van der Waals surface area (Å²) in [6, 6.07) is 2.70. The van der Waals surface area contributed by atoms with E-state index in [9.17, 15) is 0 Å². The van der Waals surface area contributed by atoms with Crippen molar-refractivity contribution >= 4 is 23.1 Å². The van der Waals surface area contributed by atoms with E-state index in [0.717, 1.165) is 11.8 Å². The van der Waals surface area contributed by atoms with E-state index >= 15 is 0 Å². The molecule has 0 saturated heterocycles. The van der Waals surface area contributed by atoms with E-state index < -0.39 is 0 Å². The van der Waals surface area contributed by atoms with Crippen molar-refractivity contribution in [2.24, 2.45) is 23.5 Å². The van der Waals surface area contributed by atoms with Crippen LogP contribution in [0, 0.1) is 17.8 Å². The molecule has 0 spiro atoms. The predicted molar refractivity (Wildman–Crippen MR) is 86.8 cm³/mol. The SMILES string of the molecule is CC1CCC(C(N)c2cc3c(s2)CCSC3)CC1C. The molecule has 1 aliphatic heterocycles. The van der Waals surface area contributed by atoms with E-state index in [-0.39, 0.29) is 6.04 Å². The summed E-state index contributed by atoms with van der Waals surface area (Å²) in [5, 5.41) is 0. The molecule has 0 amide bonds. The lowest BCUT2D eigenvalue weighted by Crippen LogP contribution is -2.28. The number of hydrogen-bond acceptors (Lipinski definition) is 3. The lowest BCUT2D eigenvalue weighted by Gasteiger charge is -2.35. The second-order valence-corrected chi connectivity index (χ2v) is 8.73. The first-order chi connectivity index (χ1) is 9.15. The molecule has 1 saturated carbocycles. The Hall–Kier alpha value is 0.01000. The van der Waals surface area contributed by atoms with Crippen molar-refractivity contribution in [1.82, 2.24) is 0 Å². The van der Waals surface area contributed by atoms with Crippen molar-refractivity contribution in [3.8, 4) is 0 Å². The fourth-order valence-electron chi connectivity index (χ4n) is 3.48. The molecule has 4 unspecified atom stereocenters. The number of thioether (sulfide) groups is 1. The van der Waals surface area contributed by atoms with Crippen LogP contribution in [0.2, 0.25) is 0 Å². The van der Waals surface area contributed by atoms with Crippen LogP contribution in [0.4, 0.5) is 0 Å². The molecule has 106 valence electrons. The van der Waals surface area contributed by atoms with Gasteiger partial charge in [0.05, 0.1) is 0 Å². The van der Waals surface area contributed by atoms with Gasteiger partial charge in [-0.05, 0) is 54.4 Å². The average Bonchev–Trinajstić information content (AvgIpc) is 2.85. The Kier molecular flexibility index (Phi) is 4.25. The summed E-state index contributed by atoms with van der Waals surface area (Å²) in [5.74, 6) is 4.93. The first-order valence-corrected chi connectivity index (χ1v) is 9.57. The van der Waals surface area contributed by atoms with Gasteiger partial charge in [0.25, 0.3) is 0 Å². The van der Waals surface area contributed by atoms with Crippen LogP contribution in [0.3, 0.4) is 0 Å². The summed E-state index contributed by atoms with van der Waals surface area (Å²) in [7, 11) is 0. The lowest BCUT2D eigenvalue weighted by atomic mass is 9.73. The van der Waals surface area contributed by atoms with Crippen LogP contribution in [-0.4, -0.2) is 5.75 Å². The van der Waals surface area contributed by atoms with Crippen molar-refractivity contribution < 1.29 is 0 Å². The third-order valence-electron chi connectivity index (χ3n) is 5.12. The molecule has 1 nitrogen and oxygen atoms in total. The van der Waals surface area contributed by atoms with Crippen molar-refractivity contribution in [1.29, 1.82) is 0 Å². The fraction of sp³-hybridized carbons (Fsp3) is 0.750. The molecule has 1 aromatic heterocycles. The smallest absolute Gasteiger partial charge is 0.0418 e. The van der Waals surface area contributed by atoms with E-state index in [1.54, 1.807) is 10.4 Å². The van der Waals surface area contributed by atoms with E-state index in [2.05, 4.69) is 31.7 Å². The Morgan fingerprint density at radius 1 is 1.26 bits per heavy atom. The number of thiophene rings is 1. The maximum absolute atomic E-state index is 6.59. The van der Waals surface area contributed by atoms with Crippen LogP contribution in [-0.2, 0) is 12.2 Å². The number of rotatable bonds is 2. The van der Waals surface area contributed by atoms with Gasteiger partial charge in [0, 0.05) is 21.5 Å². The van der Waals surface area contributed by atoms with Gasteiger partial charge in [0.15, 0.2) is 0 Å². The highest BCUT2D eigenvalue weighted by molar-refractivity contribution is 7.98. The van der Waals surface area contributed by atoms with Gasteiger partial charge in [0.2, 0.25) is 0 Å². The molecule has 3 rings (SSSR count). The van der Waals surface area contributed by atoms with Gasteiger partial charge >= 0.3 is 0 Å². The van der Waals surface area contributed by atoms with Crippen molar-refractivity contribution in [3.63, 3.8) is 0 Å². The molecule has 0 aromatic carbocycles. The second kappa shape index (κ2) is 5.79. The molecule has 1 fully saturated rings. The molecule has 2 heterocycles. The molecule has 2 N–H and O–H groups in total. The third kappa shape index (κ3) is 2.88. The topological polar surface area (TPSA) is 26.0 Å². The maximum Gasteiger partial charge on any atom is 0.0418 e. The van der Waals surface area contributed by atoms with Crippen molar-refractivity contribution in [2.75, 3.05) is 5.75 Å². The van der Waals surface area contributed by atoms with Crippen LogP contribution in [0.5, 0.6) is 0 Å². The number of nitrogens with two attached hydrogens (primary N) is 1. The molecule has 4 atom stereocenters. The Labute approximate surface area is 125 Å². The molecule has 1 aromatic rings. The minimum atomic E-state index is 0.288. The highest BCUT2D eigenvalue weighted by atomic mass is 32.2. The van der Waals surface area contributed by atoms with Crippen LogP contribution < -0.4 is 5.73 Å². The predicted octanol–water partition coefficient (Wildman–Crippen LogP) is 4.61. The Bertz CT molecular complexity index is 416. The molecule has 3 heteroatoms. The monoisotopic (exact) mass is 295 g/mol. The van der Waals surface area contributed by atoms with Gasteiger partial charge in [-0.1, -0.05) is 20.3 Å². The molecule has 1 aliphatic carbocycles. The van der Waals surface area contributed by atoms with Crippen LogP contribution in [0.1, 0.15) is 54.5 Å². The van der Waals surface area contributed by atoms with Gasteiger partial charge in [-0.15, -0.1) is 11.3 Å². The van der Waals surface area contributed by atoms with Crippen LogP contribution in [0.25, 0.3) is 0 Å². The molecule has 0 bridgehead atoms. The normalized spacial score (nSPS) is 32.9. The molecular formula is C16H25NS2. The maximum atomic E-state index is 6.59. The van der Waals surface area contributed by atoms with E-state index in [1.807, 2.05) is 11.3 Å². The Morgan fingerprint density at radius 3 is 2.84 bits per heavy atom. The summed E-state index contributed by atoms with van der Waals surface area (Å²) in [6.45, 7) is 4.80. The second-order valence-electron chi connectivity index (χ2n) is 6.45. The van der Waals surface area contributed by atoms with Crippen molar-refractivity contribution in [3.05, 3.63) is 21.4 Å². The Balaban J connectivity index is 1.73. The number of aryl methyl sites for hydroxylation is 1. The van der Waals surface area contributed by atoms with Gasteiger partial charge < -0.3 is 5.73 Å². The zero-order chi connectivity index (χ0) is 13.4. The fourth-order valence-corrected chi connectivity index (χ4v) is 5.95. The van der Waals surface area contributed by atoms with E-state index in [4.69, 9.17) is 5.73 Å². The van der Waals surface area contributed by atoms with E-state index in [1.165, 1.54) is 42.1 Å². The summed E-state index contributed by atoms with van der Waals surface area (Å²) < 4.78 is 0. The lowest BCUT2D eigenvalue weighted by molar-refractivity contribution is 0.187. The molecule has 2 aliphatic rings. The first kappa shape index (κ1) is 14.0. The summed E-state index contributed by atoms with van der Waals surface area (Å²) in [6.07, 6.45) is 5.26. The summed E-state index contributed by atoms with van der Waals surface area (Å²) in [5.41, 5.74) is 8.17. The standard InChI is InChI=1S/C16H25NS2/c1-10-3-4-12(7-11(10)2)16(17)15-8-13-9-18-6-5-14(13)19-15/h8,10-12,16H,3-7,9,17H2,1-2H3. The Morgan fingerprint density at radius 2 is 2.11 bits per heavy atom. The zero-order valence-corrected chi connectivity index (χ0v) is 13.7. The van der Waals surface area contributed by atoms with Gasteiger partial charge in [-0.25, -0.2) is 0 Å². The summed E-state index contributed by atoms with van der Waals surface area (Å²) >= 11 is 4.07. The zero-order valence-electron chi connectivity index (χ0n) is 12.0. The number of hydrogen-bond donors (Lipinski definition) is 1. The summed E-state index contributed by atoms with van der Waals surface area (Å²) in [4.78, 5) is 3.07. The minimum absolute atomic E-state index is 0.288.